The summed E-state index contributed by atoms with van der Waals surface area (Å²) in [5, 5.41) is 2.15. The Balaban J connectivity index is 2.74. The second-order valence-corrected chi connectivity index (χ2v) is 6.45. The first-order chi connectivity index (χ1) is 8.60. The highest BCUT2D eigenvalue weighted by Gasteiger charge is 2.25. The molecule has 1 aromatic rings. The van der Waals surface area contributed by atoms with Gasteiger partial charge < -0.3 is 5.73 Å². The maximum Gasteiger partial charge on any atom is 0.0334 e. The molecule has 0 fully saturated rings. The Hall–Kier alpha value is -0.380. The van der Waals surface area contributed by atoms with Crippen molar-refractivity contribution in [1.29, 1.82) is 0 Å². The van der Waals surface area contributed by atoms with Gasteiger partial charge in [0.25, 0.3) is 0 Å². The topological polar surface area (TPSA) is 29.3 Å². The fourth-order valence-electron chi connectivity index (χ4n) is 2.61. The lowest BCUT2D eigenvalue weighted by Crippen LogP contribution is -2.47. The summed E-state index contributed by atoms with van der Waals surface area (Å²) in [5.41, 5.74) is 6.03. The molecule has 0 radical (unpaired) electrons. The maximum absolute atomic E-state index is 6.03. The van der Waals surface area contributed by atoms with Gasteiger partial charge in [0, 0.05) is 30.1 Å². The molecule has 0 aliphatic heterocycles. The van der Waals surface area contributed by atoms with E-state index in [0.29, 0.717) is 18.0 Å². The summed E-state index contributed by atoms with van der Waals surface area (Å²) in [6.07, 6.45) is 2.50. The molecule has 3 heteroatoms. The fraction of sp³-hybridized carbons (Fsp3) is 0.733. The summed E-state index contributed by atoms with van der Waals surface area (Å²) in [5.74, 6) is 0.669. The van der Waals surface area contributed by atoms with Gasteiger partial charge in [-0.15, -0.1) is 11.3 Å². The third-order valence-electron chi connectivity index (χ3n) is 3.65. The number of thiophene rings is 1. The van der Waals surface area contributed by atoms with Gasteiger partial charge in [-0.25, -0.2) is 0 Å². The summed E-state index contributed by atoms with van der Waals surface area (Å²) in [4.78, 5) is 4.00. The lowest BCUT2D eigenvalue weighted by Gasteiger charge is -2.37. The van der Waals surface area contributed by atoms with Crippen molar-refractivity contribution >= 4 is 11.3 Å². The van der Waals surface area contributed by atoms with Gasteiger partial charge in [0.05, 0.1) is 0 Å². The van der Waals surface area contributed by atoms with E-state index in [0.717, 1.165) is 13.1 Å². The van der Waals surface area contributed by atoms with Crippen molar-refractivity contribution in [1.82, 2.24) is 4.90 Å². The van der Waals surface area contributed by atoms with E-state index in [9.17, 15) is 0 Å². The van der Waals surface area contributed by atoms with Crippen molar-refractivity contribution in [3.63, 3.8) is 0 Å². The molecular formula is C15H28N2S. The summed E-state index contributed by atoms with van der Waals surface area (Å²) >= 11 is 1.84. The molecule has 2 N–H and O–H groups in total. The van der Waals surface area contributed by atoms with Crippen LogP contribution in [0.3, 0.4) is 0 Å². The number of nitrogens with two attached hydrogens (primary N) is 1. The Morgan fingerprint density at radius 1 is 1.33 bits per heavy atom. The molecule has 2 nitrogen and oxygen atoms in total. The quantitative estimate of drug-likeness (QED) is 0.778. The van der Waals surface area contributed by atoms with Crippen LogP contribution in [0.4, 0.5) is 0 Å². The minimum absolute atomic E-state index is 0.493. The molecule has 0 spiro atoms. The average Bonchev–Trinajstić information content (AvgIpc) is 2.81. The van der Waals surface area contributed by atoms with Crippen molar-refractivity contribution in [3.8, 4) is 0 Å². The zero-order valence-electron chi connectivity index (χ0n) is 12.2. The van der Waals surface area contributed by atoms with Gasteiger partial charge in [-0.05, 0) is 37.6 Å². The van der Waals surface area contributed by atoms with E-state index in [4.69, 9.17) is 5.73 Å². The Labute approximate surface area is 116 Å². The van der Waals surface area contributed by atoms with Crippen molar-refractivity contribution in [2.75, 3.05) is 6.54 Å². The van der Waals surface area contributed by atoms with E-state index >= 15 is 0 Å². The van der Waals surface area contributed by atoms with Crippen LogP contribution in [-0.4, -0.2) is 23.5 Å². The summed E-state index contributed by atoms with van der Waals surface area (Å²) < 4.78 is 0. The van der Waals surface area contributed by atoms with Gasteiger partial charge in [-0.2, -0.15) is 0 Å². The molecule has 18 heavy (non-hydrogen) atoms. The summed E-state index contributed by atoms with van der Waals surface area (Å²) in [7, 11) is 0. The molecule has 0 aromatic carbocycles. The third kappa shape index (κ3) is 4.38. The minimum Gasteiger partial charge on any atom is -0.329 e. The first kappa shape index (κ1) is 15.7. The second-order valence-electron chi connectivity index (χ2n) is 5.41. The molecule has 0 bridgehead atoms. The van der Waals surface area contributed by atoms with E-state index in [1.165, 1.54) is 17.7 Å². The second kappa shape index (κ2) is 7.93. The van der Waals surface area contributed by atoms with Crippen LogP contribution in [0.15, 0.2) is 17.5 Å². The average molecular weight is 268 g/mol. The van der Waals surface area contributed by atoms with E-state index < -0.39 is 0 Å². The molecule has 0 aliphatic rings. The molecule has 1 rings (SSSR count). The maximum atomic E-state index is 6.03. The highest BCUT2D eigenvalue weighted by molar-refractivity contribution is 7.09. The van der Waals surface area contributed by atoms with E-state index in [1.54, 1.807) is 0 Å². The van der Waals surface area contributed by atoms with Crippen LogP contribution in [0.1, 0.15) is 45.4 Å². The summed E-state index contributed by atoms with van der Waals surface area (Å²) in [6, 6.07) is 5.39. The first-order valence-electron chi connectivity index (χ1n) is 7.08. The van der Waals surface area contributed by atoms with E-state index in [1.807, 2.05) is 11.3 Å². The van der Waals surface area contributed by atoms with Crippen LogP contribution in [0.25, 0.3) is 0 Å². The van der Waals surface area contributed by atoms with Crippen molar-refractivity contribution in [2.24, 2.45) is 11.7 Å². The van der Waals surface area contributed by atoms with Crippen molar-refractivity contribution in [2.45, 2.75) is 59.2 Å². The fourth-order valence-corrected chi connectivity index (χ4v) is 3.32. The van der Waals surface area contributed by atoms with Gasteiger partial charge in [0.1, 0.15) is 0 Å². The molecule has 2 atom stereocenters. The highest BCUT2D eigenvalue weighted by Crippen LogP contribution is 2.22. The number of nitrogens with zero attached hydrogens (tertiary/aromatic N) is 1. The monoisotopic (exact) mass is 268 g/mol. The Kier molecular flexibility index (Phi) is 6.90. The van der Waals surface area contributed by atoms with Crippen LogP contribution in [0, 0.1) is 5.92 Å². The standard InChI is InChI=1S/C15H28N2S/c1-5-7-13(4)15(10-16)17(12(2)3)11-14-8-6-9-18-14/h6,8-9,12-13,15H,5,7,10-11,16H2,1-4H3. The molecule has 2 unspecified atom stereocenters. The zero-order chi connectivity index (χ0) is 13.5. The number of hydrogen-bond acceptors (Lipinski definition) is 3. The van der Waals surface area contributed by atoms with Gasteiger partial charge in [-0.3, -0.25) is 4.90 Å². The Morgan fingerprint density at radius 3 is 2.50 bits per heavy atom. The van der Waals surface area contributed by atoms with Crippen LogP contribution in [0.5, 0.6) is 0 Å². The van der Waals surface area contributed by atoms with Crippen LogP contribution < -0.4 is 5.73 Å². The predicted molar refractivity (Wildman–Crippen MR) is 81.9 cm³/mol. The van der Waals surface area contributed by atoms with E-state index in [-0.39, 0.29) is 0 Å². The van der Waals surface area contributed by atoms with Gasteiger partial charge in [0.2, 0.25) is 0 Å². The predicted octanol–water partition coefficient (Wildman–Crippen LogP) is 3.72. The summed E-state index contributed by atoms with van der Waals surface area (Å²) in [6.45, 7) is 10.9. The smallest absolute Gasteiger partial charge is 0.0334 e. The van der Waals surface area contributed by atoms with Crippen molar-refractivity contribution in [3.05, 3.63) is 22.4 Å². The molecule has 104 valence electrons. The van der Waals surface area contributed by atoms with Crippen LogP contribution >= 0.6 is 11.3 Å². The normalized spacial score (nSPS) is 15.3. The molecule has 1 aromatic heterocycles. The minimum atomic E-state index is 0.493. The molecule has 0 saturated heterocycles. The lowest BCUT2D eigenvalue weighted by molar-refractivity contribution is 0.106. The van der Waals surface area contributed by atoms with Crippen molar-refractivity contribution < 1.29 is 0 Å². The third-order valence-corrected chi connectivity index (χ3v) is 4.51. The Morgan fingerprint density at radius 2 is 2.06 bits per heavy atom. The van der Waals surface area contributed by atoms with E-state index in [2.05, 4.69) is 50.1 Å². The molecule has 0 saturated carbocycles. The highest BCUT2D eigenvalue weighted by atomic mass is 32.1. The molecule has 1 heterocycles. The molecule has 0 amide bonds. The zero-order valence-corrected chi connectivity index (χ0v) is 13.0. The first-order valence-corrected chi connectivity index (χ1v) is 7.96. The number of rotatable bonds is 8. The largest absolute Gasteiger partial charge is 0.329 e. The molecular weight excluding hydrogens is 240 g/mol. The lowest BCUT2D eigenvalue weighted by atomic mass is 9.94. The van der Waals surface area contributed by atoms with Crippen LogP contribution in [0.2, 0.25) is 0 Å². The van der Waals surface area contributed by atoms with Gasteiger partial charge in [0.15, 0.2) is 0 Å². The van der Waals surface area contributed by atoms with Gasteiger partial charge in [-0.1, -0.05) is 26.3 Å². The Bertz CT molecular complexity index is 308. The number of hydrogen-bond donors (Lipinski definition) is 1. The SMILES string of the molecule is CCCC(C)C(CN)N(Cc1cccs1)C(C)C. The van der Waals surface area contributed by atoms with Crippen LogP contribution in [-0.2, 0) is 6.54 Å². The molecule has 0 aliphatic carbocycles. The van der Waals surface area contributed by atoms with Gasteiger partial charge >= 0.3 is 0 Å².